The van der Waals surface area contributed by atoms with Crippen molar-refractivity contribution in [2.45, 2.75) is 37.3 Å². The lowest BCUT2D eigenvalue weighted by atomic mass is 10.1. The second-order valence-corrected chi connectivity index (χ2v) is 5.10. The smallest absolute Gasteiger partial charge is 0.335 e. The molecule has 0 spiro atoms. The van der Waals surface area contributed by atoms with Crippen LogP contribution in [0.5, 0.6) is 0 Å². The molecule has 0 fully saturated rings. The Balaban J connectivity index is 2.88. The maximum Gasteiger partial charge on any atom is 0.335 e. The highest BCUT2D eigenvalue weighted by molar-refractivity contribution is 8.00. The molecule has 0 aliphatic heterocycles. The van der Waals surface area contributed by atoms with Crippen LogP contribution in [0.4, 0.5) is 0 Å². The molecule has 0 aliphatic carbocycles. The van der Waals surface area contributed by atoms with E-state index in [4.69, 9.17) is 5.11 Å². The summed E-state index contributed by atoms with van der Waals surface area (Å²) in [6.07, 6.45) is 1.12. The molecule has 3 heteroatoms. The molecule has 2 nitrogen and oxygen atoms in total. The minimum absolute atomic E-state index is 0.362. The van der Waals surface area contributed by atoms with Gasteiger partial charge in [0.25, 0.3) is 0 Å². The molecule has 0 radical (unpaired) electrons. The van der Waals surface area contributed by atoms with E-state index in [0.717, 1.165) is 12.0 Å². The minimum atomic E-state index is -0.863. The van der Waals surface area contributed by atoms with E-state index < -0.39 is 5.97 Å². The molecule has 1 unspecified atom stereocenters. The number of carboxylic acid groups (broad SMARTS) is 1. The Morgan fingerprint density at radius 2 is 2.20 bits per heavy atom. The van der Waals surface area contributed by atoms with Crippen molar-refractivity contribution in [1.82, 2.24) is 0 Å². The third-order valence-corrected chi connectivity index (χ3v) is 3.77. The van der Waals surface area contributed by atoms with Gasteiger partial charge in [-0.15, -0.1) is 11.8 Å². The van der Waals surface area contributed by atoms with Crippen molar-refractivity contribution in [3.05, 3.63) is 29.3 Å². The Morgan fingerprint density at radius 1 is 1.53 bits per heavy atom. The fourth-order valence-electron chi connectivity index (χ4n) is 1.21. The van der Waals surface area contributed by atoms with Gasteiger partial charge in [0.2, 0.25) is 0 Å². The van der Waals surface area contributed by atoms with Crippen LogP contribution >= 0.6 is 11.8 Å². The first-order valence-electron chi connectivity index (χ1n) is 5.05. The van der Waals surface area contributed by atoms with Crippen LogP contribution in [0.2, 0.25) is 0 Å². The number of rotatable bonds is 4. The quantitative estimate of drug-likeness (QED) is 0.794. The zero-order valence-electron chi connectivity index (χ0n) is 9.28. The highest BCUT2D eigenvalue weighted by Gasteiger charge is 2.08. The van der Waals surface area contributed by atoms with Gasteiger partial charge in [0.05, 0.1) is 5.56 Å². The second-order valence-electron chi connectivity index (χ2n) is 3.62. The molecule has 15 heavy (non-hydrogen) atoms. The lowest BCUT2D eigenvalue weighted by molar-refractivity contribution is 0.0696. The number of thioether (sulfide) groups is 1. The molecule has 1 rings (SSSR count). The zero-order chi connectivity index (χ0) is 11.4. The van der Waals surface area contributed by atoms with Gasteiger partial charge in [0.15, 0.2) is 0 Å². The summed E-state index contributed by atoms with van der Waals surface area (Å²) in [5.41, 5.74) is 1.40. The highest BCUT2D eigenvalue weighted by Crippen LogP contribution is 2.28. The molecule has 0 aromatic heterocycles. The van der Waals surface area contributed by atoms with Crippen molar-refractivity contribution in [2.75, 3.05) is 0 Å². The van der Waals surface area contributed by atoms with Gasteiger partial charge in [0.1, 0.15) is 0 Å². The Hall–Kier alpha value is -0.960. The van der Waals surface area contributed by atoms with E-state index in [0.29, 0.717) is 10.8 Å². The van der Waals surface area contributed by atoms with Crippen molar-refractivity contribution < 1.29 is 9.90 Å². The van der Waals surface area contributed by atoms with E-state index in [1.54, 1.807) is 23.9 Å². The lowest BCUT2D eigenvalue weighted by Gasteiger charge is -2.11. The van der Waals surface area contributed by atoms with Crippen LogP contribution in [0.15, 0.2) is 23.1 Å². The van der Waals surface area contributed by atoms with E-state index in [1.165, 1.54) is 4.90 Å². The molecule has 0 heterocycles. The number of carbonyl (C=O) groups is 1. The summed E-state index contributed by atoms with van der Waals surface area (Å²) in [6, 6.07) is 5.29. The van der Waals surface area contributed by atoms with Crippen LogP contribution in [0.1, 0.15) is 36.2 Å². The van der Waals surface area contributed by atoms with Gasteiger partial charge in [-0.25, -0.2) is 4.79 Å². The van der Waals surface area contributed by atoms with Gasteiger partial charge in [0, 0.05) is 10.1 Å². The van der Waals surface area contributed by atoms with E-state index in [9.17, 15) is 4.79 Å². The summed E-state index contributed by atoms with van der Waals surface area (Å²) in [6.45, 7) is 6.28. The predicted octanol–water partition coefficient (Wildman–Crippen LogP) is 3.58. The molecule has 0 bridgehead atoms. The zero-order valence-corrected chi connectivity index (χ0v) is 10.1. The van der Waals surface area contributed by atoms with Crippen molar-refractivity contribution in [2.24, 2.45) is 0 Å². The molecule has 1 aromatic rings. The van der Waals surface area contributed by atoms with Crippen LogP contribution < -0.4 is 0 Å². The van der Waals surface area contributed by atoms with Gasteiger partial charge in [-0.3, -0.25) is 0 Å². The second kappa shape index (κ2) is 5.21. The van der Waals surface area contributed by atoms with Crippen molar-refractivity contribution in [3.63, 3.8) is 0 Å². The van der Waals surface area contributed by atoms with Crippen LogP contribution in [-0.2, 0) is 0 Å². The van der Waals surface area contributed by atoms with Crippen molar-refractivity contribution >= 4 is 17.7 Å². The number of aromatic carboxylic acids is 1. The fraction of sp³-hybridized carbons (Fsp3) is 0.417. The Labute approximate surface area is 94.7 Å². The Morgan fingerprint density at radius 3 is 2.67 bits per heavy atom. The molecule has 0 amide bonds. The maximum absolute atomic E-state index is 10.7. The maximum atomic E-state index is 10.7. The van der Waals surface area contributed by atoms with E-state index in [-0.39, 0.29) is 0 Å². The number of hydrogen-bond acceptors (Lipinski definition) is 2. The number of carboxylic acids is 1. The Bertz CT molecular complexity index is 361. The van der Waals surface area contributed by atoms with Crippen LogP contribution in [-0.4, -0.2) is 16.3 Å². The predicted molar refractivity (Wildman–Crippen MR) is 63.7 cm³/mol. The first kappa shape index (κ1) is 12.1. The van der Waals surface area contributed by atoms with E-state index in [1.807, 2.05) is 13.0 Å². The molecule has 0 saturated carbocycles. The summed E-state index contributed by atoms with van der Waals surface area (Å²) in [4.78, 5) is 11.9. The summed E-state index contributed by atoms with van der Waals surface area (Å²) in [7, 11) is 0. The first-order valence-corrected chi connectivity index (χ1v) is 5.93. The highest BCUT2D eigenvalue weighted by atomic mass is 32.2. The third kappa shape index (κ3) is 3.27. The summed E-state index contributed by atoms with van der Waals surface area (Å²) < 4.78 is 0. The molecule has 1 atom stereocenters. The average Bonchev–Trinajstić information content (AvgIpc) is 2.20. The molecule has 1 N–H and O–H groups in total. The van der Waals surface area contributed by atoms with Crippen molar-refractivity contribution in [1.29, 1.82) is 0 Å². The van der Waals surface area contributed by atoms with Gasteiger partial charge >= 0.3 is 5.97 Å². The molecule has 82 valence electrons. The fourth-order valence-corrected chi connectivity index (χ4v) is 2.21. The lowest BCUT2D eigenvalue weighted by Crippen LogP contribution is -1.98. The van der Waals surface area contributed by atoms with Crippen LogP contribution in [0.3, 0.4) is 0 Å². The molecular weight excluding hydrogens is 208 g/mol. The van der Waals surface area contributed by atoms with Gasteiger partial charge in [-0.1, -0.05) is 13.8 Å². The first-order chi connectivity index (χ1) is 7.04. The SMILES string of the molecule is CCC(C)Sc1ccc(C(=O)O)cc1C. The van der Waals surface area contributed by atoms with Gasteiger partial charge in [-0.05, 0) is 37.1 Å². The monoisotopic (exact) mass is 224 g/mol. The summed E-state index contributed by atoms with van der Waals surface area (Å²) in [5.74, 6) is -0.863. The summed E-state index contributed by atoms with van der Waals surface area (Å²) in [5, 5.41) is 9.39. The number of aryl methyl sites for hydroxylation is 1. The molecular formula is C12H16O2S. The standard InChI is InChI=1S/C12H16O2S/c1-4-9(3)15-11-6-5-10(12(13)14)7-8(11)2/h5-7,9H,4H2,1-3H3,(H,13,14). The molecule has 1 aromatic carbocycles. The van der Waals surface area contributed by atoms with E-state index >= 15 is 0 Å². The van der Waals surface area contributed by atoms with Crippen molar-refractivity contribution in [3.8, 4) is 0 Å². The van der Waals surface area contributed by atoms with Crippen LogP contribution in [0.25, 0.3) is 0 Å². The minimum Gasteiger partial charge on any atom is -0.478 e. The summed E-state index contributed by atoms with van der Waals surface area (Å²) >= 11 is 1.80. The number of hydrogen-bond donors (Lipinski definition) is 1. The third-order valence-electron chi connectivity index (χ3n) is 2.32. The Kier molecular flexibility index (Phi) is 4.21. The largest absolute Gasteiger partial charge is 0.478 e. The topological polar surface area (TPSA) is 37.3 Å². The molecule has 0 aliphatic rings. The molecule has 0 saturated heterocycles. The van der Waals surface area contributed by atoms with Crippen LogP contribution in [0, 0.1) is 6.92 Å². The average molecular weight is 224 g/mol. The number of benzene rings is 1. The normalized spacial score (nSPS) is 12.5. The van der Waals surface area contributed by atoms with E-state index in [2.05, 4.69) is 13.8 Å². The van der Waals surface area contributed by atoms with Gasteiger partial charge < -0.3 is 5.11 Å². The van der Waals surface area contributed by atoms with Gasteiger partial charge in [-0.2, -0.15) is 0 Å².